The summed E-state index contributed by atoms with van der Waals surface area (Å²) in [5, 5.41) is 7.93. The molecule has 3 N–H and O–H groups in total. The summed E-state index contributed by atoms with van der Waals surface area (Å²) < 4.78 is 11.5. The first-order valence-electron chi connectivity index (χ1n) is 8.20. The summed E-state index contributed by atoms with van der Waals surface area (Å²) in [7, 11) is 0. The number of hydrogen-bond acceptors (Lipinski definition) is 5. The highest BCUT2D eigenvalue weighted by atomic mass is 16.5. The van der Waals surface area contributed by atoms with Gasteiger partial charge in [-0.1, -0.05) is 6.07 Å². The average Bonchev–Trinajstić information content (AvgIpc) is 3.14. The summed E-state index contributed by atoms with van der Waals surface area (Å²) in [6, 6.07) is 9.79. The van der Waals surface area contributed by atoms with Crippen LogP contribution in [0.5, 0.6) is 5.75 Å². The van der Waals surface area contributed by atoms with Gasteiger partial charge in [-0.25, -0.2) is 4.98 Å². The average molecular weight is 324 g/mol. The van der Waals surface area contributed by atoms with E-state index in [1.807, 2.05) is 24.3 Å². The van der Waals surface area contributed by atoms with E-state index in [1.165, 1.54) is 0 Å². The first-order chi connectivity index (χ1) is 11.8. The van der Waals surface area contributed by atoms with E-state index in [1.54, 1.807) is 12.3 Å². The standard InChI is InChI=1S/C18H20N4O2/c19-18-10-17(24-11-12-4-7-23-8-5-12)14-2-1-13(9-16(14)21-18)15-3-6-20-22-15/h1-3,6,9-10,12H,4-5,7-8,11H2,(H2,19,21)(H,20,22). The monoisotopic (exact) mass is 324 g/mol. The maximum atomic E-state index is 6.07. The van der Waals surface area contributed by atoms with Crippen molar-refractivity contribution in [2.45, 2.75) is 12.8 Å². The number of anilines is 1. The van der Waals surface area contributed by atoms with Gasteiger partial charge in [0, 0.05) is 36.4 Å². The van der Waals surface area contributed by atoms with Gasteiger partial charge in [0.1, 0.15) is 11.6 Å². The quantitative estimate of drug-likeness (QED) is 0.770. The third-order valence-electron chi connectivity index (χ3n) is 4.42. The molecule has 1 aliphatic rings. The molecule has 0 bridgehead atoms. The summed E-state index contributed by atoms with van der Waals surface area (Å²) in [4.78, 5) is 4.45. The Morgan fingerprint density at radius 3 is 2.88 bits per heavy atom. The molecule has 2 aromatic heterocycles. The molecule has 6 heteroatoms. The van der Waals surface area contributed by atoms with E-state index in [-0.39, 0.29) is 0 Å². The highest BCUT2D eigenvalue weighted by molar-refractivity contribution is 5.89. The molecule has 6 nitrogen and oxygen atoms in total. The van der Waals surface area contributed by atoms with E-state index in [0.717, 1.165) is 54.0 Å². The number of benzene rings is 1. The number of aromatic nitrogens is 3. The van der Waals surface area contributed by atoms with Crippen LogP contribution in [0.2, 0.25) is 0 Å². The van der Waals surface area contributed by atoms with Crippen molar-refractivity contribution in [1.29, 1.82) is 0 Å². The molecule has 1 aromatic carbocycles. The molecule has 4 rings (SSSR count). The van der Waals surface area contributed by atoms with E-state index < -0.39 is 0 Å². The summed E-state index contributed by atoms with van der Waals surface area (Å²) in [5.74, 6) is 1.79. The smallest absolute Gasteiger partial charge is 0.132 e. The van der Waals surface area contributed by atoms with E-state index >= 15 is 0 Å². The molecular formula is C18H20N4O2. The Hall–Kier alpha value is -2.60. The third-order valence-corrected chi connectivity index (χ3v) is 4.42. The van der Waals surface area contributed by atoms with Gasteiger partial charge in [-0.3, -0.25) is 5.10 Å². The van der Waals surface area contributed by atoms with Crippen LogP contribution in [-0.2, 0) is 4.74 Å². The molecule has 1 saturated heterocycles. The highest BCUT2D eigenvalue weighted by Gasteiger charge is 2.16. The fourth-order valence-corrected chi connectivity index (χ4v) is 3.04. The fourth-order valence-electron chi connectivity index (χ4n) is 3.04. The van der Waals surface area contributed by atoms with Gasteiger partial charge in [-0.15, -0.1) is 0 Å². The van der Waals surface area contributed by atoms with Crippen LogP contribution >= 0.6 is 0 Å². The van der Waals surface area contributed by atoms with Gasteiger partial charge >= 0.3 is 0 Å². The minimum Gasteiger partial charge on any atom is -0.492 e. The number of hydrogen-bond donors (Lipinski definition) is 2. The van der Waals surface area contributed by atoms with Crippen LogP contribution in [0.15, 0.2) is 36.5 Å². The van der Waals surface area contributed by atoms with Gasteiger partial charge in [0.25, 0.3) is 0 Å². The summed E-state index contributed by atoms with van der Waals surface area (Å²) >= 11 is 0. The minimum absolute atomic E-state index is 0.464. The van der Waals surface area contributed by atoms with Crippen LogP contribution in [0.4, 0.5) is 5.82 Å². The SMILES string of the molecule is Nc1cc(OCC2CCOCC2)c2ccc(-c3ccn[nH]3)cc2n1. The lowest BCUT2D eigenvalue weighted by atomic mass is 10.0. The molecule has 124 valence electrons. The lowest BCUT2D eigenvalue weighted by molar-refractivity contribution is 0.0500. The van der Waals surface area contributed by atoms with Crippen molar-refractivity contribution >= 4 is 16.7 Å². The number of fused-ring (bicyclic) bond motifs is 1. The number of pyridine rings is 1. The first kappa shape index (κ1) is 15.0. The largest absolute Gasteiger partial charge is 0.492 e. The van der Waals surface area contributed by atoms with E-state index in [9.17, 15) is 0 Å². The number of nitrogen functional groups attached to an aromatic ring is 1. The summed E-state index contributed by atoms with van der Waals surface area (Å²) in [6.07, 6.45) is 3.82. The normalized spacial score (nSPS) is 15.7. The second kappa shape index (κ2) is 6.49. The van der Waals surface area contributed by atoms with Gasteiger partial charge < -0.3 is 15.2 Å². The lowest BCUT2D eigenvalue weighted by Crippen LogP contribution is -2.21. The second-order valence-electron chi connectivity index (χ2n) is 6.11. The zero-order valence-electron chi connectivity index (χ0n) is 13.4. The van der Waals surface area contributed by atoms with Crippen molar-refractivity contribution in [1.82, 2.24) is 15.2 Å². The fraction of sp³-hybridized carbons (Fsp3) is 0.333. The van der Waals surface area contributed by atoms with Crippen LogP contribution < -0.4 is 10.5 Å². The van der Waals surface area contributed by atoms with Gasteiger partial charge in [-0.05, 0) is 37.0 Å². The van der Waals surface area contributed by atoms with Gasteiger partial charge in [0.15, 0.2) is 0 Å². The molecule has 0 saturated carbocycles. The van der Waals surface area contributed by atoms with Crippen LogP contribution in [0.3, 0.4) is 0 Å². The number of aromatic amines is 1. The molecule has 0 amide bonds. The molecule has 0 unspecified atom stereocenters. The first-order valence-corrected chi connectivity index (χ1v) is 8.20. The highest BCUT2D eigenvalue weighted by Crippen LogP contribution is 2.30. The molecule has 0 atom stereocenters. The molecule has 3 heterocycles. The van der Waals surface area contributed by atoms with Crippen LogP contribution in [0.1, 0.15) is 12.8 Å². The van der Waals surface area contributed by atoms with E-state index in [2.05, 4.69) is 15.2 Å². The number of nitrogens with one attached hydrogen (secondary N) is 1. The number of H-pyrrole nitrogens is 1. The Labute approximate surface area is 140 Å². The number of rotatable bonds is 4. The molecule has 1 aliphatic heterocycles. The van der Waals surface area contributed by atoms with Gasteiger partial charge in [0.05, 0.1) is 17.8 Å². The number of nitrogens with zero attached hydrogens (tertiary/aromatic N) is 2. The Bertz CT molecular complexity index is 826. The topological polar surface area (TPSA) is 86.0 Å². The lowest BCUT2D eigenvalue weighted by Gasteiger charge is -2.22. The van der Waals surface area contributed by atoms with E-state index in [0.29, 0.717) is 18.3 Å². The van der Waals surface area contributed by atoms with E-state index in [4.69, 9.17) is 15.2 Å². The predicted molar refractivity (Wildman–Crippen MR) is 92.8 cm³/mol. The second-order valence-corrected chi connectivity index (χ2v) is 6.11. The maximum absolute atomic E-state index is 6.07. The Morgan fingerprint density at radius 2 is 2.08 bits per heavy atom. The van der Waals surface area contributed by atoms with Gasteiger partial charge in [-0.2, -0.15) is 5.10 Å². The van der Waals surface area contributed by atoms with Crippen LogP contribution in [0.25, 0.3) is 22.2 Å². The number of ether oxygens (including phenoxy) is 2. The number of nitrogens with two attached hydrogens (primary N) is 1. The molecule has 0 radical (unpaired) electrons. The van der Waals surface area contributed by atoms with Crippen molar-refractivity contribution in [2.75, 3.05) is 25.6 Å². The van der Waals surface area contributed by atoms with Crippen LogP contribution in [0, 0.1) is 5.92 Å². The summed E-state index contributed by atoms with van der Waals surface area (Å²) in [5.41, 5.74) is 8.77. The zero-order valence-corrected chi connectivity index (χ0v) is 13.4. The summed E-state index contributed by atoms with van der Waals surface area (Å²) in [6.45, 7) is 2.33. The van der Waals surface area contributed by atoms with Crippen molar-refractivity contribution in [3.8, 4) is 17.0 Å². The van der Waals surface area contributed by atoms with Gasteiger partial charge in [0.2, 0.25) is 0 Å². The minimum atomic E-state index is 0.464. The molecule has 0 aliphatic carbocycles. The van der Waals surface area contributed by atoms with Crippen molar-refractivity contribution in [2.24, 2.45) is 5.92 Å². The van der Waals surface area contributed by atoms with Crippen molar-refractivity contribution < 1.29 is 9.47 Å². The Balaban J connectivity index is 1.62. The maximum Gasteiger partial charge on any atom is 0.132 e. The molecule has 24 heavy (non-hydrogen) atoms. The zero-order chi connectivity index (χ0) is 16.4. The Morgan fingerprint density at radius 1 is 1.21 bits per heavy atom. The van der Waals surface area contributed by atoms with Crippen LogP contribution in [-0.4, -0.2) is 35.0 Å². The molecule has 0 spiro atoms. The molecular weight excluding hydrogens is 304 g/mol. The predicted octanol–water partition coefficient (Wildman–Crippen LogP) is 3.01. The molecule has 1 fully saturated rings. The third kappa shape index (κ3) is 3.05. The molecule has 3 aromatic rings. The van der Waals surface area contributed by atoms with Crippen molar-refractivity contribution in [3.63, 3.8) is 0 Å². The van der Waals surface area contributed by atoms with Crippen molar-refractivity contribution in [3.05, 3.63) is 36.5 Å². The Kier molecular flexibility index (Phi) is 4.04.